The van der Waals surface area contributed by atoms with Gasteiger partial charge in [0.05, 0.1) is 0 Å². The van der Waals surface area contributed by atoms with Gasteiger partial charge >= 0.3 is 0 Å². The fourth-order valence-corrected chi connectivity index (χ4v) is 3.90. The fourth-order valence-electron chi connectivity index (χ4n) is 3.90. The van der Waals surface area contributed by atoms with E-state index in [2.05, 4.69) is 13.8 Å². The minimum atomic E-state index is -0.246. The van der Waals surface area contributed by atoms with Gasteiger partial charge in [0.15, 0.2) is 0 Å². The second-order valence-corrected chi connectivity index (χ2v) is 6.88. The van der Waals surface area contributed by atoms with Gasteiger partial charge in [0.2, 0.25) is 0 Å². The molecule has 0 saturated heterocycles. The van der Waals surface area contributed by atoms with Gasteiger partial charge in [0.1, 0.15) is 17.2 Å². The van der Waals surface area contributed by atoms with Crippen molar-refractivity contribution in [1.29, 1.82) is 0 Å². The van der Waals surface area contributed by atoms with Crippen LogP contribution in [0.15, 0.2) is 18.2 Å². The van der Waals surface area contributed by atoms with Crippen molar-refractivity contribution in [3.63, 3.8) is 0 Å². The molecule has 3 heteroatoms. The van der Waals surface area contributed by atoms with Gasteiger partial charge in [-0.3, -0.25) is 0 Å². The molecule has 0 radical (unpaired) electrons. The first kappa shape index (κ1) is 13.9. The van der Waals surface area contributed by atoms with Crippen molar-refractivity contribution in [2.24, 2.45) is 17.6 Å². The summed E-state index contributed by atoms with van der Waals surface area (Å²) >= 11 is 0. The quantitative estimate of drug-likeness (QED) is 0.835. The molecule has 1 aromatic rings. The molecule has 1 aromatic carbocycles. The number of hydrogen-bond donors (Lipinski definition) is 1. The molecule has 1 aliphatic carbocycles. The van der Waals surface area contributed by atoms with Gasteiger partial charge in [-0.15, -0.1) is 0 Å². The van der Waals surface area contributed by atoms with E-state index in [1.54, 1.807) is 6.07 Å². The fraction of sp³-hybridized carbons (Fsp3) is 0.647. The van der Waals surface area contributed by atoms with Crippen LogP contribution in [0.4, 0.5) is 4.39 Å². The van der Waals surface area contributed by atoms with Crippen LogP contribution in [0.3, 0.4) is 0 Å². The molecule has 1 aliphatic heterocycles. The van der Waals surface area contributed by atoms with Gasteiger partial charge in [-0.25, -0.2) is 4.39 Å². The molecular formula is C17H24FNO. The lowest BCUT2D eigenvalue weighted by molar-refractivity contribution is -0.0251. The third-order valence-corrected chi connectivity index (χ3v) is 5.08. The Morgan fingerprint density at radius 2 is 2.15 bits per heavy atom. The van der Waals surface area contributed by atoms with E-state index in [4.69, 9.17) is 10.5 Å². The van der Waals surface area contributed by atoms with Gasteiger partial charge in [-0.2, -0.15) is 0 Å². The first-order valence-electron chi connectivity index (χ1n) is 7.73. The van der Waals surface area contributed by atoms with E-state index in [-0.39, 0.29) is 17.5 Å². The number of fused-ring (bicyclic) bond motifs is 1. The molecule has 20 heavy (non-hydrogen) atoms. The smallest absolute Gasteiger partial charge is 0.127 e. The summed E-state index contributed by atoms with van der Waals surface area (Å²) in [5.74, 6) is 1.77. The minimum Gasteiger partial charge on any atom is -0.487 e. The summed E-state index contributed by atoms with van der Waals surface area (Å²) < 4.78 is 19.7. The normalized spacial score (nSPS) is 33.0. The van der Waals surface area contributed by atoms with Crippen LogP contribution in [0.5, 0.6) is 5.75 Å². The van der Waals surface area contributed by atoms with E-state index in [9.17, 15) is 4.39 Å². The third-order valence-electron chi connectivity index (χ3n) is 5.08. The second kappa shape index (κ2) is 5.03. The van der Waals surface area contributed by atoms with Crippen molar-refractivity contribution >= 4 is 0 Å². The summed E-state index contributed by atoms with van der Waals surface area (Å²) in [6.07, 6.45) is 5.40. The van der Waals surface area contributed by atoms with E-state index in [0.717, 1.165) is 24.8 Å². The number of ether oxygens (including phenoxy) is 1. The summed E-state index contributed by atoms with van der Waals surface area (Å²) in [6.45, 7) is 4.56. The summed E-state index contributed by atoms with van der Waals surface area (Å²) in [5, 5.41) is 0. The SMILES string of the molecule is CC(C)C1CCCC2(C1)C[C@@H](N)c1ccc(F)cc1O2. The van der Waals surface area contributed by atoms with Crippen molar-refractivity contribution in [1.82, 2.24) is 0 Å². The van der Waals surface area contributed by atoms with E-state index in [1.807, 2.05) is 0 Å². The van der Waals surface area contributed by atoms with Crippen molar-refractivity contribution in [2.45, 2.75) is 57.6 Å². The summed E-state index contributed by atoms with van der Waals surface area (Å²) in [7, 11) is 0. The summed E-state index contributed by atoms with van der Waals surface area (Å²) in [6, 6.07) is 4.70. The highest BCUT2D eigenvalue weighted by atomic mass is 19.1. The Bertz CT molecular complexity index is 502. The highest BCUT2D eigenvalue weighted by Crippen LogP contribution is 2.48. The maximum absolute atomic E-state index is 13.5. The number of halogens is 1. The lowest BCUT2D eigenvalue weighted by Crippen LogP contribution is -2.47. The van der Waals surface area contributed by atoms with Gasteiger partial charge in [-0.05, 0) is 43.6 Å². The van der Waals surface area contributed by atoms with Crippen molar-refractivity contribution in [3.05, 3.63) is 29.6 Å². The molecule has 0 amide bonds. The van der Waals surface area contributed by atoms with E-state index >= 15 is 0 Å². The van der Waals surface area contributed by atoms with Crippen LogP contribution in [0, 0.1) is 17.7 Å². The number of rotatable bonds is 1. The zero-order chi connectivity index (χ0) is 14.3. The Kier molecular flexibility index (Phi) is 3.49. The zero-order valence-corrected chi connectivity index (χ0v) is 12.4. The molecular weight excluding hydrogens is 253 g/mol. The lowest BCUT2D eigenvalue weighted by Gasteiger charge is -2.46. The van der Waals surface area contributed by atoms with Crippen LogP contribution < -0.4 is 10.5 Å². The van der Waals surface area contributed by atoms with E-state index < -0.39 is 0 Å². The van der Waals surface area contributed by atoms with E-state index in [1.165, 1.54) is 25.0 Å². The molecule has 3 atom stereocenters. The third kappa shape index (κ3) is 2.44. The predicted molar refractivity (Wildman–Crippen MR) is 78.1 cm³/mol. The van der Waals surface area contributed by atoms with Crippen LogP contribution in [0.1, 0.15) is 57.6 Å². The number of hydrogen-bond acceptors (Lipinski definition) is 2. The Balaban J connectivity index is 1.89. The highest BCUT2D eigenvalue weighted by molar-refractivity contribution is 5.39. The Hall–Kier alpha value is -1.09. The van der Waals surface area contributed by atoms with Gasteiger partial charge in [0.25, 0.3) is 0 Å². The minimum absolute atomic E-state index is 0.0368. The topological polar surface area (TPSA) is 35.2 Å². The van der Waals surface area contributed by atoms with Crippen LogP contribution in [0.2, 0.25) is 0 Å². The molecule has 1 saturated carbocycles. The zero-order valence-electron chi connectivity index (χ0n) is 12.4. The largest absolute Gasteiger partial charge is 0.487 e. The Morgan fingerprint density at radius 1 is 1.35 bits per heavy atom. The molecule has 0 bridgehead atoms. The average Bonchev–Trinajstić information content (AvgIpc) is 2.37. The molecule has 3 rings (SSSR count). The molecule has 1 fully saturated rings. The van der Waals surface area contributed by atoms with Crippen LogP contribution in [-0.4, -0.2) is 5.60 Å². The molecule has 2 aliphatic rings. The van der Waals surface area contributed by atoms with Gasteiger partial charge < -0.3 is 10.5 Å². The van der Waals surface area contributed by atoms with Crippen LogP contribution in [-0.2, 0) is 0 Å². The monoisotopic (exact) mass is 277 g/mol. The maximum atomic E-state index is 13.5. The standard InChI is InChI=1S/C17H24FNO/c1-11(2)12-4-3-7-17(9-12)10-15(19)14-6-5-13(18)8-16(14)20-17/h5-6,8,11-12,15H,3-4,7,9-10,19H2,1-2H3/t12?,15-,17?/m1/s1. The van der Waals surface area contributed by atoms with Crippen molar-refractivity contribution < 1.29 is 9.13 Å². The number of nitrogens with two attached hydrogens (primary N) is 1. The maximum Gasteiger partial charge on any atom is 0.127 e. The first-order valence-corrected chi connectivity index (χ1v) is 7.73. The molecule has 110 valence electrons. The molecule has 1 heterocycles. The molecule has 0 aromatic heterocycles. The van der Waals surface area contributed by atoms with Gasteiger partial charge in [-0.1, -0.05) is 19.9 Å². The molecule has 1 spiro atoms. The van der Waals surface area contributed by atoms with Crippen LogP contribution in [0.25, 0.3) is 0 Å². The molecule has 2 unspecified atom stereocenters. The summed E-state index contributed by atoms with van der Waals surface area (Å²) in [4.78, 5) is 0. The van der Waals surface area contributed by atoms with Crippen LogP contribution >= 0.6 is 0 Å². The van der Waals surface area contributed by atoms with Gasteiger partial charge in [0, 0.05) is 24.1 Å². The highest BCUT2D eigenvalue weighted by Gasteiger charge is 2.44. The van der Waals surface area contributed by atoms with E-state index in [0.29, 0.717) is 17.6 Å². The lowest BCUT2D eigenvalue weighted by atomic mass is 9.70. The molecule has 2 nitrogen and oxygen atoms in total. The second-order valence-electron chi connectivity index (χ2n) is 6.88. The average molecular weight is 277 g/mol. The van der Waals surface area contributed by atoms with Crippen molar-refractivity contribution in [3.8, 4) is 5.75 Å². The predicted octanol–water partition coefficient (Wildman–Crippen LogP) is 4.19. The number of benzene rings is 1. The molecule has 2 N–H and O–H groups in total. The first-order chi connectivity index (χ1) is 9.49. The Labute approximate surface area is 120 Å². The Morgan fingerprint density at radius 3 is 2.90 bits per heavy atom. The summed E-state index contributed by atoms with van der Waals surface area (Å²) in [5.41, 5.74) is 7.10. The van der Waals surface area contributed by atoms with Crippen molar-refractivity contribution in [2.75, 3.05) is 0 Å².